The molecule has 0 saturated heterocycles. The first-order valence-corrected chi connectivity index (χ1v) is 5.93. The number of carboxylic acids is 1. The van der Waals surface area contributed by atoms with Crippen LogP contribution in [0.3, 0.4) is 0 Å². The topological polar surface area (TPSA) is 53.7 Å². The Kier molecular flexibility index (Phi) is 3.39. The molecule has 0 bridgehead atoms. The third kappa shape index (κ3) is 2.54. The summed E-state index contributed by atoms with van der Waals surface area (Å²) in [6.07, 6.45) is 0. The molecule has 0 unspecified atom stereocenters. The number of furan rings is 1. The van der Waals surface area contributed by atoms with Gasteiger partial charge in [0, 0.05) is 18.0 Å². The Bertz CT molecular complexity index is 571. The number of hydrogen-bond acceptors (Lipinski definition) is 3. The lowest BCUT2D eigenvalue weighted by molar-refractivity contribution is 0.0665. The van der Waals surface area contributed by atoms with Crippen LogP contribution in [0.25, 0.3) is 11.0 Å². The van der Waals surface area contributed by atoms with E-state index < -0.39 is 5.97 Å². The molecule has 0 aliphatic carbocycles. The van der Waals surface area contributed by atoms with Gasteiger partial charge in [0.1, 0.15) is 5.58 Å². The van der Waals surface area contributed by atoms with E-state index in [4.69, 9.17) is 9.52 Å². The summed E-state index contributed by atoms with van der Waals surface area (Å²) in [6.45, 7) is 5.11. The summed E-state index contributed by atoms with van der Waals surface area (Å²) in [7, 11) is 2.06. The molecule has 1 N–H and O–H groups in total. The largest absolute Gasteiger partial charge is 0.475 e. The Labute approximate surface area is 106 Å². The summed E-state index contributed by atoms with van der Waals surface area (Å²) in [5.74, 6) is -1.05. The number of aromatic carboxylic acids is 1. The van der Waals surface area contributed by atoms with E-state index >= 15 is 0 Å². The van der Waals surface area contributed by atoms with Crippen molar-refractivity contribution in [2.75, 3.05) is 7.05 Å². The summed E-state index contributed by atoms with van der Waals surface area (Å²) in [6, 6.07) is 7.81. The van der Waals surface area contributed by atoms with Gasteiger partial charge < -0.3 is 9.52 Å². The van der Waals surface area contributed by atoms with Crippen molar-refractivity contribution in [3.05, 3.63) is 35.6 Å². The van der Waals surface area contributed by atoms with Crippen LogP contribution in [0.4, 0.5) is 0 Å². The van der Waals surface area contributed by atoms with Crippen molar-refractivity contribution in [1.82, 2.24) is 4.90 Å². The van der Waals surface area contributed by atoms with Crippen molar-refractivity contribution in [1.29, 1.82) is 0 Å². The fourth-order valence-electron chi connectivity index (χ4n) is 1.77. The monoisotopic (exact) mass is 247 g/mol. The lowest BCUT2D eigenvalue weighted by atomic mass is 10.1. The average molecular weight is 247 g/mol. The first kappa shape index (κ1) is 12.6. The molecule has 0 aliphatic heterocycles. The number of rotatable bonds is 4. The predicted molar refractivity (Wildman–Crippen MR) is 69.8 cm³/mol. The van der Waals surface area contributed by atoms with Gasteiger partial charge in [0.15, 0.2) is 0 Å². The number of benzene rings is 1. The van der Waals surface area contributed by atoms with Gasteiger partial charge in [0.2, 0.25) is 5.76 Å². The first-order chi connectivity index (χ1) is 8.47. The zero-order valence-electron chi connectivity index (χ0n) is 10.8. The fourth-order valence-corrected chi connectivity index (χ4v) is 1.77. The highest BCUT2D eigenvalue weighted by Gasteiger charge is 2.11. The van der Waals surface area contributed by atoms with E-state index in [0.717, 1.165) is 17.5 Å². The van der Waals surface area contributed by atoms with Gasteiger partial charge in [-0.15, -0.1) is 0 Å². The highest BCUT2D eigenvalue weighted by Crippen LogP contribution is 2.21. The zero-order valence-corrected chi connectivity index (χ0v) is 10.8. The molecular weight excluding hydrogens is 230 g/mol. The summed E-state index contributed by atoms with van der Waals surface area (Å²) in [4.78, 5) is 13.0. The minimum Gasteiger partial charge on any atom is -0.475 e. The van der Waals surface area contributed by atoms with Gasteiger partial charge in [-0.25, -0.2) is 4.79 Å². The molecule has 4 nitrogen and oxygen atoms in total. The Morgan fingerprint density at radius 2 is 2.11 bits per heavy atom. The SMILES string of the molecule is CC(C)N(C)Cc1ccc2oc(C(=O)O)cc2c1. The van der Waals surface area contributed by atoms with Crippen LogP contribution in [0.5, 0.6) is 0 Å². The highest BCUT2D eigenvalue weighted by molar-refractivity contribution is 5.91. The molecule has 1 aromatic heterocycles. The van der Waals surface area contributed by atoms with E-state index in [1.165, 1.54) is 0 Å². The van der Waals surface area contributed by atoms with Crippen LogP contribution in [-0.2, 0) is 6.54 Å². The molecule has 0 amide bonds. The molecule has 18 heavy (non-hydrogen) atoms. The molecule has 2 rings (SSSR count). The predicted octanol–water partition coefficient (Wildman–Crippen LogP) is 2.97. The van der Waals surface area contributed by atoms with E-state index in [0.29, 0.717) is 11.6 Å². The molecule has 2 aromatic rings. The van der Waals surface area contributed by atoms with Crippen LogP contribution < -0.4 is 0 Å². The van der Waals surface area contributed by atoms with Crippen LogP contribution in [0.2, 0.25) is 0 Å². The van der Waals surface area contributed by atoms with Crippen molar-refractivity contribution in [2.24, 2.45) is 0 Å². The van der Waals surface area contributed by atoms with Crippen molar-refractivity contribution in [2.45, 2.75) is 26.4 Å². The molecule has 0 aliphatic rings. The van der Waals surface area contributed by atoms with Gasteiger partial charge >= 0.3 is 5.97 Å². The molecule has 96 valence electrons. The normalized spacial score (nSPS) is 11.6. The highest BCUT2D eigenvalue weighted by atomic mass is 16.4. The van der Waals surface area contributed by atoms with Gasteiger partial charge in [-0.1, -0.05) is 6.07 Å². The fraction of sp³-hybridized carbons (Fsp3) is 0.357. The minimum atomic E-state index is -1.04. The van der Waals surface area contributed by atoms with E-state index in [9.17, 15) is 4.79 Å². The van der Waals surface area contributed by atoms with Crippen molar-refractivity contribution >= 4 is 16.9 Å². The number of fused-ring (bicyclic) bond motifs is 1. The number of carboxylic acid groups (broad SMARTS) is 1. The van der Waals surface area contributed by atoms with Gasteiger partial charge in [0.05, 0.1) is 0 Å². The van der Waals surface area contributed by atoms with Crippen LogP contribution >= 0.6 is 0 Å². The Balaban J connectivity index is 2.29. The standard InChI is InChI=1S/C14H17NO3/c1-9(2)15(3)8-10-4-5-12-11(6-10)7-13(18-12)14(16)17/h4-7,9H,8H2,1-3H3,(H,16,17). The molecule has 1 aromatic carbocycles. The smallest absolute Gasteiger partial charge is 0.371 e. The van der Waals surface area contributed by atoms with Gasteiger partial charge in [-0.05, 0) is 44.7 Å². The summed E-state index contributed by atoms with van der Waals surface area (Å²) in [5, 5.41) is 9.71. The van der Waals surface area contributed by atoms with Crippen LogP contribution in [0.15, 0.2) is 28.7 Å². The van der Waals surface area contributed by atoms with E-state index in [-0.39, 0.29) is 5.76 Å². The van der Waals surface area contributed by atoms with Crippen LogP contribution in [0.1, 0.15) is 30.0 Å². The molecule has 0 spiro atoms. The van der Waals surface area contributed by atoms with Gasteiger partial charge in [0.25, 0.3) is 0 Å². The van der Waals surface area contributed by atoms with E-state index in [2.05, 4.69) is 25.8 Å². The van der Waals surface area contributed by atoms with Crippen LogP contribution in [-0.4, -0.2) is 29.1 Å². The molecule has 0 atom stereocenters. The van der Waals surface area contributed by atoms with E-state index in [1.54, 1.807) is 6.07 Å². The maximum Gasteiger partial charge on any atom is 0.371 e. The lowest BCUT2D eigenvalue weighted by Gasteiger charge is -2.20. The summed E-state index contributed by atoms with van der Waals surface area (Å²) < 4.78 is 5.22. The lowest BCUT2D eigenvalue weighted by Crippen LogP contribution is -2.25. The second kappa shape index (κ2) is 4.82. The zero-order chi connectivity index (χ0) is 13.3. The molecule has 1 heterocycles. The number of nitrogens with zero attached hydrogens (tertiary/aromatic N) is 1. The number of carbonyl (C=O) groups is 1. The van der Waals surface area contributed by atoms with Crippen molar-refractivity contribution < 1.29 is 14.3 Å². The third-order valence-electron chi connectivity index (χ3n) is 3.11. The third-order valence-corrected chi connectivity index (χ3v) is 3.11. The second-order valence-electron chi connectivity index (χ2n) is 4.80. The Hall–Kier alpha value is -1.81. The molecule has 0 radical (unpaired) electrons. The van der Waals surface area contributed by atoms with Crippen molar-refractivity contribution in [3.8, 4) is 0 Å². The summed E-state index contributed by atoms with van der Waals surface area (Å²) >= 11 is 0. The molecule has 0 saturated carbocycles. The number of hydrogen-bond donors (Lipinski definition) is 1. The second-order valence-corrected chi connectivity index (χ2v) is 4.80. The Morgan fingerprint density at radius 3 is 2.72 bits per heavy atom. The maximum absolute atomic E-state index is 10.8. The quantitative estimate of drug-likeness (QED) is 0.902. The maximum atomic E-state index is 10.8. The Morgan fingerprint density at radius 1 is 1.39 bits per heavy atom. The molecular formula is C14H17NO3. The van der Waals surface area contributed by atoms with Crippen LogP contribution in [0, 0.1) is 0 Å². The van der Waals surface area contributed by atoms with Crippen molar-refractivity contribution in [3.63, 3.8) is 0 Å². The average Bonchev–Trinajstić information content (AvgIpc) is 2.71. The van der Waals surface area contributed by atoms with Gasteiger partial charge in [-0.2, -0.15) is 0 Å². The molecule has 0 fully saturated rings. The van der Waals surface area contributed by atoms with Gasteiger partial charge in [-0.3, -0.25) is 4.90 Å². The minimum absolute atomic E-state index is 0.0145. The molecule has 4 heteroatoms. The summed E-state index contributed by atoms with van der Waals surface area (Å²) in [5.41, 5.74) is 1.76. The van der Waals surface area contributed by atoms with E-state index in [1.807, 2.05) is 18.2 Å². The first-order valence-electron chi connectivity index (χ1n) is 5.93.